The molecule has 3 rings (SSSR count). The second kappa shape index (κ2) is 8.12. The first kappa shape index (κ1) is 18.8. The predicted molar refractivity (Wildman–Crippen MR) is 101 cm³/mol. The van der Waals surface area contributed by atoms with E-state index in [1.165, 1.54) is 25.0 Å². The number of aromatic nitrogens is 1. The Morgan fingerprint density at radius 2 is 1.85 bits per heavy atom. The van der Waals surface area contributed by atoms with Gasteiger partial charge < -0.3 is 9.64 Å². The highest BCUT2D eigenvalue weighted by Crippen LogP contribution is 2.32. The summed E-state index contributed by atoms with van der Waals surface area (Å²) in [5.74, 6) is -0.907. The molecule has 1 saturated heterocycles. The Kier molecular flexibility index (Phi) is 5.86. The van der Waals surface area contributed by atoms with Crippen LogP contribution in [0.4, 0.5) is 14.5 Å². The van der Waals surface area contributed by atoms with Crippen LogP contribution >= 0.6 is 15.9 Å². The van der Waals surface area contributed by atoms with Crippen LogP contribution in [0.15, 0.2) is 33.7 Å². The average molecular weight is 424 g/mol. The van der Waals surface area contributed by atoms with Gasteiger partial charge in [-0.15, -0.1) is 0 Å². The lowest BCUT2D eigenvalue weighted by molar-refractivity contribution is 0.214. The van der Waals surface area contributed by atoms with Crippen molar-refractivity contribution in [1.29, 1.82) is 0 Å². The van der Waals surface area contributed by atoms with E-state index in [4.69, 9.17) is 4.74 Å². The van der Waals surface area contributed by atoms with E-state index in [-0.39, 0.29) is 0 Å². The number of benzene rings is 1. The van der Waals surface area contributed by atoms with Gasteiger partial charge in [0.25, 0.3) is 0 Å². The summed E-state index contributed by atoms with van der Waals surface area (Å²) >= 11 is 3.44. The van der Waals surface area contributed by atoms with Crippen LogP contribution in [0.5, 0.6) is 5.88 Å². The summed E-state index contributed by atoms with van der Waals surface area (Å²) in [6, 6.07) is 5.18. The van der Waals surface area contributed by atoms with E-state index >= 15 is 0 Å². The number of nitrogens with zero attached hydrogens (tertiary/aromatic N) is 3. The van der Waals surface area contributed by atoms with Crippen LogP contribution in [0.3, 0.4) is 0 Å². The van der Waals surface area contributed by atoms with Gasteiger partial charge in [0.05, 0.1) is 22.2 Å². The molecule has 1 atom stereocenters. The zero-order valence-corrected chi connectivity index (χ0v) is 16.3. The van der Waals surface area contributed by atoms with Crippen molar-refractivity contribution in [3.8, 4) is 5.88 Å². The van der Waals surface area contributed by atoms with Gasteiger partial charge >= 0.3 is 0 Å². The van der Waals surface area contributed by atoms with Gasteiger partial charge in [-0.25, -0.2) is 18.8 Å². The molecule has 0 amide bonds. The minimum absolute atomic E-state index is 0.361. The Labute approximate surface area is 160 Å². The third kappa shape index (κ3) is 4.58. The highest BCUT2D eigenvalue weighted by atomic mass is 79.9. The summed E-state index contributed by atoms with van der Waals surface area (Å²) in [5, 5.41) is 0. The number of ether oxygens (including phenoxy) is 1. The lowest BCUT2D eigenvalue weighted by atomic mass is 10.1. The van der Waals surface area contributed by atoms with E-state index in [2.05, 4.69) is 30.8 Å². The minimum Gasteiger partial charge on any atom is -0.469 e. The van der Waals surface area contributed by atoms with Gasteiger partial charge in [-0.3, -0.25) is 0 Å². The van der Waals surface area contributed by atoms with Crippen molar-refractivity contribution in [3.63, 3.8) is 0 Å². The third-order valence-electron chi connectivity index (χ3n) is 4.25. The second-order valence-corrected chi connectivity index (χ2v) is 7.18. The summed E-state index contributed by atoms with van der Waals surface area (Å²) in [7, 11) is 0. The van der Waals surface area contributed by atoms with Crippen molar-refractivity contribution in [2.75, 3.05) is 13.1 Å². The van der Waals surface area contributed by atoms with Gasteiger partial charge in [0.2, 0.25) is 5.88 Å². The Morgan fingerprint density at radius 1 is 1.19 bits per heavy atom. The van der Waals surface area contributed by atoms with Crippen LogP contribution < -0.4 is 4.74 Å². The number of aryl methyl sites for hydroxylation is 1. The molecule has 1 aromatic carbocycles. The fourth-order valence-electron chi connectivity index (χ4n) is 2.81. The van der Waals surface area contributed by atoms with Gasteiger partial charge in [-0.05, 0) is 66.4 Å². The molecule has 0 bridgehead atoms. The maximum Gasteiger partial charge on any atom is 0.228 e. The number of likely N-dealkylation sites (tertiary alicyclic amines) is 1. The molecule has 138 valence electrons. The van der Waals surface area contributed by atoms with Crippen molar-refractivity contribution in [3.05, 3.63) is 51.6 Å². The third-order valence-corrected chi connectivity index (χ3v) is 4.82. The quantitative estimate of drug-likeness (QED) is 0.481. The molecular formula is C19H20BrF2N3O. The van der Waals surface area contributed by atoms with Crippen molar-refractivity contribution < 1.29 is 13.5 Å². The van der Waals surface area contributed by atoms with Crippen molar-refractivity contribution in [1.82, 2.24) is 9.88 Å². The number of hydrogen-bond donors (Lipinski definition) is 0. The fraction of sp³-hybridized carbons (Fsp3) is 0.368. The van der Waals surface area contributed by atoms with Crippen LogP contribution in [0.1, 0.15) is 37.1 Å². The number of pyridine rings is 1. The molecule has 1 aromatic heterocycles. The fourth-order valence-corrected chi connectivity index (χ4v) is 3.21. The summed E-state index contributed by atoms with van der Waals surface area (Å²) in [6.45, 7) is 5.62. The minimum atomic E-state index is -0.634. The van der Waals surface area contributed by atoms with E-state index < -0.39 is 17.7 Å². The van der Waals surface area contributed by atoms with E-state index in [1.54, 1.807) is 6.92 Å². The number of hydrogen-bond acceptors (Lipinski definition) is 3. The van der Waals surface area contributed by atoms with Crippen molar-refractivity contribution in [2.45, 2.75) is 32.8 Å². The highest BCUT2D eigenvalue weighted by Gasteiger charge is 2.15. The van der Waals surface area contributed by atoms with Crippen LogP contribution in [0, 0.1) is 18.6 Å². The Hall–Kier alpha value is -2.02. The summed E-state index contributed by atoms with van der Waals surface area (Å²) in [6.07, 6.45) is 3.68. The SMILES string of the molecule is Cc1nc(OC(C)c2cc(F)cc(F)c2)c(Br)cc1N=CN1CCCC1. The zero-order chi connectivity index (χ0) is 18.7. The smallest absolute Gasteiger partial charge is 0.228 e. The van der Waals surface area contributed by atoms with Gasteiger partial charge in [0, 0.05) is 19.2 Å². The van der Waals surface area contributed by atoms with Gasteiger partial charge in [0.15, 0.2) is 0 Å². The van der Waals surface area contributed by atoms with Crippen LogP contribution in [-0.4, -0.2) is 29.3 Å². The first-order valence-electron chi connectivity index (χ1n) is 8.50. The van der Waals surface area contributed by atoms with E-state index in [1.807, 2.05) is 19.3 Å². The lowest BCUT2D eigenvalue weighted by Crippen LogP contribution is -2.16. The first-order valence-corrected chi connectivity index (χ1v) is 9.29. The van der Waals surface area contributed by atoms with Crippen LogP contribution in [0.2, 0.25) is 0 Å². The molecule has 4 nitrogen and oxygen atoms in total. The summed E-state index contributed by atoms with van der Waals surface area (Å²) in [5.41, 5.74) is 1.88. The second-order valence-electron chi connectivity index (χ2n) is 6.33. The molecule has 1 aliphatic rings. The Morgan fingerprint density at radius 3 is 2.50 bits per heavy atom. The van der Waals surface area contributed by atoms with E-state index in [9.17, 15) is 8.78 Å². The summed E-state index contributed by atoms with van der Waals surface area (Å²) in [4.78, 5) is 11.1. The molecule has 2 aromatic rings. The van der Waals surface area contributed by atoms with Gasteiger partial charge in [0.1, 0.15) is 17.7 Å². The molecule has 1 unspecified atom stereocenters. The Bertz CT molecular complexity index is 802. The summed E-state index contributed by atoms with van der Waals surface area (Å²) < 4.78 is 33.2. The molecule has 2 heterocycles. The largest absolute Gasteiger partial charge is 0.469 e. The average Bonchev–Trinajstić information content (AvgIpc) is 3.09. The number of rotatable bonds is 5. The number of aliphatic imine (C=N–C) groups is 1. The van der Waals surface area contributed by atoms with Gasteiger partial charge in [-0.2, -0.15) is 0 Å². The lowest BCUT2D eigenvalue weighted by Gasteiger charge is -2.17. The molecule has 0 radical (unpaired) electrons. The molecule has 7 heteroatoms. The normalized spacial score (nSPS) is 15.7. The van der Waals surface area contributed by atoms with Crippen molar-refractivity contribution in [2.24, 2.45) is 4.99 Å². The molecule has 26 heavy (non-hydrogen) atoms. The molecular weight excluding hydrogens is 404 g/mol. The number of halogens is 3. The standard InChI is InChI=1S/C19H20BrF2N3O/c1-12-18(23-11-25-5-3-4-6-25)10-17(20)19(24-12)26-13(2)14-7-15(21)9-16(22)8-14/h7-11,13H,3-6H2,1-2H3. The predicted octanol–water partition coefficient (Wildman–Crippen LogP) is 5.33. The maximum absolute atomic E-state index is 13.4. The van der Waals surface area contributed by atoms with Crippen molar-refractivity contribution >= 4 is 28.0 Å². The molecule has 1 aliphatic heterocycles. The molecule has 0 aliphatic carbocycles. The van der Waals surface area contributed by atoms with Crippen LogP contribution in [0.25, 0.3) is 0 Å². The van der Waals surface area contributed by atoms with E-state index in [0.717, 1.165) is 30.5 Å². The van der Waals surface area contributed by atoms with E-state index in [0.29, 0.717) is 15.9 Å². The topological polar surface area (TPSA) is 37.7 Å². The Balaban J connectivity index is 1.76. The van der Waals surface area contributed by atoms with Gasteiger partial charge in [-0.1, -0.05) is 0 Å². The first-order chi connectivity index (χ1) is 12.4. The molecule has 0 N–H and O–H groups in total. The molecule has 1 fully saturated rings. The maximum atomic E-state index is 13.4. The molecule has 0 spiro atoms. The monoisotopic (exact) mass is 423 g/mol. The van der Waals surface area contributed by atoms with Crippen LogP contribution in [-0.2, 0) is 0 Å². The molecule has 0 saturated carbocycles. The highest BCUT2D eigenvalue weighted by molar-refractivity contribution is 9.10. The zero-order valence-electron chi connectivity index (χ0n) is 14.7.